The van der Waals surface area contributed by atoms with Crippen LogP contribution in [-0.4, -0.2) is 25.8 Å². The average Bonchev–Trinajstić information content (AvgIpc) is 2.38. The lowest BCUT2D eigenvalue weighted by Crippen LogP contribution is -2.36. The summed E-state index contributed by atoms with van der Waals surface area (Å²) in [6.07, 6.45) is 2.86. The second-order valence-electron chi connectivity index (χ2n) is 6.05. The molecule has 1 aliphatic heterocycles. The molecule has 1 heterocycles. The molecule has 1 aromatic carbocycles. The molecule has 1 aromatic rings. The fraction of sp³-hybridized carbons (Fsp3) is 0.467. The Morgan fingerprint density at radius 3 is 2.45 bits per heavy atom. The van der Waals surface area contributed by atoms with E-state index in [-0.39, 0.29) is 5.41 Å². The van der Waals surface area contributed by atoms with Gasteiger partial charge in [-0.2, -0.15) is 4.31 Å². The molecule has 0 radical (unpaired) electrons. The van der Waals surface area contributed by atoms with Crippen molar-refractivity contribution in [3.8, 4) is 0 Å². The maximum absolute atomic E-state index is 12.6. The molecule has 2 rings (SSSR count). The molecule has 0 unspecified atom stereocenters. The molecule has 0 spiro atoms. The molecule has 0 saturated heterocycles. The molecule has 0 aliphatic carbocycles. The van der Waals surface area contributed by atoms with Crippen molar-refractivity contribution in [2.45, 2.75) is 32.1 Å². The number of halogens is 1. The monoisotopic (exact) mass is 357 g/mol. The molecule has 5 heteroatoms. The molecule has 110 valence electrons. The predicted molar refractivity (Wildman–Crippen MR) is 85.1 cm³/mol. The second kappa shape index (κ2) is 5.62. The minimum absolute atomic E-state index is 0.117. The lowest BCUT2D eigenvalue weighted by molar-refractivity contribution is 0.389. The van der Waals surface area contributed by atoms with Crippen LogP contribution in [0.1, 0.15) is 27.2 Å². The maximum Gasteiger partial charge on any atom is 0.243 e. The van der Waals surface area contributed by atoms with E-state index in [1.165, 1.54) is 5.57 Å². The molecule has 0 atom stereocenters. The van der Waals surface area contributed by atoms with E-state index in [9.17, 15) is 8.42 Å². The van der Waals surface area contributed by atoms with Gasteiger partial charge in [0.25, 0.3) is 0 Å². The summed E-state index contributed by atoms with van der Waals surface area (Å²) in [5, 5.41) is 0. The number of rotatable bonds is 2. The highest BCUT2D eigenvalue weighted by molar-refractivity contribution is 9.10. The zero-order valence-electron chi connectivity index (χ0n) is 12.1. The first-order valence-corrected chi connectivity index (χ1v) is 8.90. The van der Waals surface area contributed by atoms with Crippen LogP contribution in [0.2, 0.25) is 0 Å². The van der Waals surface area contributed by atoms with Gasteiger partial charge >= 0.3 is 0 Å². The highest BCUT2D eigenvalue weighted by Gasteiger charge is 2.28. The SMILES string of the molecule is CC(C)(C)C1=CCN(S(=O)(=O)c2cccc(Br)c2)CC1. The van der Waals surface area contributed by atoms with Gasteiger partial charge in [0.15, 0.2) is 0 Å². The van der Waals surface area contributed by atoms with E-state index in [2.05, 4.69) is 42.8 Å². The number of hydrogen-bond donors (Lipinski definition) is 0. The van der Waals surface area contributed by atoms with Crippen molar-refractivity contribution in [1.82, 2.24) is 4.31 Å². The summed E-state index contributed by atoms with van der Waals surface area (Å²) in [5.74, 6) is 0. The summed E-state index contributed by atoms with van der Waals surface area (Å²) in [6.45, 7) is 7.51. The van der Waals surface area contributed by atoms with Crippen molar-refractivity contribution in [1.29, 1.82) is 0 Å². The molecule has 0 fully saturated rings. The van der Waals surface area contributed by atoms with Crippen LogP contribution in [-0.2, 0) is 10.0 Å². The molecule has 0 N–H and O–H groups in total. The van der Waals surface area contributed by atoms with Crippen LogP contribution >= 0.6 is 15.9 Å². The number of hydrogen-bond acceptors (Lipinski definition) is 2. The third-order valence-electron chi connectivity index (χ3n) is 3.57. The second-order valence-corrected chi connectivity index (χ2v) is 8.90. The molecule has 1 aliphatic rings. The van der Waals surface area contributed by atoms with Gasteiger partial charge in [-0.15, -0.1) is 0 Å². The van der Waals surface area contributed by atoms with E-state index in [0.717, 1.165) is 10.9 Å². The first kappa shape index (κ1) is 15.7. The Morgan fingerprint density at radius 1 is 1.25 bits per heavy atom. The van der Waals surface area contributed by atoms with E-state index in [0.29, 0.717) is 18.0 Å². The van der Waals surface area contributed by atoms with E-state index >= 15 is 0 Å². The first-order chi connectivity index (χ1) is 9.21. The van der Waals surface area contributed by atoms with Crippen LogP contribution < -0.4 is 0 Å². The Kier molecular flexibility index (Phi) is 4.42. The highest BCUT2D eigenvalue weighted by atomic mass is 79.9. The van der Waals surface area contributed by atoms with Gasteiger partial charge in [-0.05, 0) is 30.0 Å². The highest BCUT2D eigenvalue weighted by Crippen LogP contribution is 2.31. The smallest absolute Gasteiger partial charge is 0.207 e. The van der Waals surface area contributed by atoms with Crippen LogP contribution in [0, 0.1) is 5.41 Å². The van der Waals surface area contributed by atoms with Gasteiger partial charge in [0, 0.05) is 17.6 Å². The summed E-state index contributed by atoms with van der Waals surface area (Å²) in [4.78, 5) is 0.347. The molecule has 3 nitrogen and oxygen atoms in total. The van der Waals surface area contributed by atoms with E-state index in [1.807, 2.05) is 6.07 Å². The number of benzene rings is 1. The van der Waals surface area contributed by atoms with Gasteiger partial charge in [0.1, 0.15) is 0 Å². The van der Waals surface area contributed by atoms with Gasteiger partial charge in [0.05, 0.1) is 4.90 Å². The van der Waals surface area contributed by atoms with Crippen molar-refractivity contribution >= 4 is 26.0 Å². The van der Waals surface area contributed by atoms with E-state index < -0.39 is 10.0 Å². The number of sulfonamides is 1. The van der Waals surface area contributed by atoms with Crippen LogP contribution in [0.25, 0.3) is 0 Å². The zero-order valence-corrected chi connectivity index (χ0v) is 14.5. The standard InChI is InChI=1S/C15H20BrNO2S/c1-15(2,3)12-7-9-17(10-8-12)20(18,19)14-6-4-5-13(16)11-14/h4-7,11H,8-10H2,1-3H3. The fourth-order valence-corrected chi connectivity index (χ4v) is 4.30. The fourth-order valence-electron chi connectivity index (χ4n) is 2.33. The van der Waals surface area contributed by atoms with Gasteiger partial charge in [-0.25, -0.2) is 8.42 Å². The Morgan fingerprint density at radius 2 is 1.95 bits per heavy atom. The molecular formula is C15H20BrNO2S. The van der Waals surface area contributed by atoms with Gasteiger partial charge in [-0.1, -0.05) is 54.4 Å². The Hall–Kier alpha value is -0.650. The summed E-state index contributed by atoms with van der Waals surface area (Å²) < 4.78 is 27.5. The van der Waals surface area contributed by atoms with Crippen molar-refractivity contribution in [3.63, 3.8) is 0 Å². The van der Waals surface area contributed by atoms with E-state index in [1.54, 1.807) is 22.5 Å². The first-order valence-electron chi connectivity index (χ1n) is 6.66. The molecule has 0 bridgehead atoms. The minimum atomic E-state index is -3.39. The molecule has 0 aromatic heterocycles. The van der Waals surface area contributed by atoms with Crippen molar-refractivity contribution < 1.29 is 8.42 Å². The third kappa shape index (κ3) is 3.32. The van der Waals surface area contributed by atoms with Gasteiger partial charge < -0.3 is 0 Å². The average molecular weight is 358 g/mol. The maximum atomic E-state index is 12.6. The topological polar surface area (TPSA) is 37.4 Å². The summed E-state index contributed by atoms with van der Waals surface area (Å²) in [7, 11) is -3.39. The van der Waals surface area contributed by atoms with Crippen LogP contribution in [0.4, 0.5) is 0 Å². The van der Waals surface area contributed by atoms with Crippen molar-refractivity contribution in [3.05, 3.63) is 40.4 Å². The van der Waals surface area contributed by atoms with Crippen molar-refractivity contribution in [2.75, 3.05) is 13.1 Å². The van der Waals surface area contributed by atoms with Crippen molar-refractivity contribution in [2.24, 2.45) is 5.41 Å². The largest absolute Gasteiger partial charge is 0.243 e. The normalized spacial score (nSPS) is 17.9. The molecule has 0 amide bonds. The molecule has 0 saturated carbocycles. The van der Waals surface area contributed by atoms with Crippen LogP contribution in [0.15, 0.2) is 45.3 Å². The summed E-state index contributed by atoms with van der Waals surface area (Å²) in [5.41, 5.74) is 1.45. The lowest BCUT2D eigenvalue weighted by Gasteiger charge is -2.31. The Labute approximate surface area is 129 Å². The van der Waals surface area contributed by atoms with Gasteiger partial charge in [-0.3, -0.25) is 0 Å². The van der Waals surface area contributed by atoms with Crippen LogP contribution in [0.3, 0.4) is 0 Å². The minimum Gasteiger partial charge on any atom is -0.207 e. The molecule has 20 heavy (non-hydrogen) atoms. The quantitative estimate of drug-likeness (QED) is 0.754. The van der Waals surface area contributed by atoms with E-state index in [4.69, 9.17) is 0 Å². The molecular weight excluding hydrogens is 338 g/mol. The predicted octanol–water partition coefficient (Wildman–Crippen LogP) is 3.82. The lowest BCUT2D eigenvalue weighted by atomic mass is 9.83. The Bertz CT molecular complexity index is 630. The summed E-state index contributed by atoms with van der Waals surface area (Å²) >= 11 is 3.32. The van der Waals surface area contributed by atoms with Gasteiger partial charge in [0.2, 0.25) is 10.0 Å². The number of nitrogens with zero attached hydrogens (tertiary/aromatic N) is 1. The Balaban J connectivity index is 2.24. The zero-order chi connectivity index (χ0) is 15.0. The third-order valence-corrected chi connectivity index (χ3v) is 5.92. The van der Waals surface area contributed by atoms with Crippen LogP contribution in [0.5, 0.6) is 0 Å². The summed E-state index contributed by atoms with van der Waals surface area (Å²) in [6, 6.07) is 6.87.